The molecule has 0 bridgehead atoms. The number of hydrogen-bond acceptors (Lipinski definition) is 4. The van der Waals surface area contributed by atoms with Gasteiger partial charge in [0.05, 0.1) is 11.4 Å². The van der Waals surface area contributed by atoms with E-state index < -0.39 is 11.4 Å². The summed E-state index contributed by atoms with van der Waals surface area (Å²) in [5, 5.41) is 13.0. The number of hydrogen-bond donors (Lipinski definition) is 3. The molecule has 0 aliphatic rings. The van der Waals surface area contributed by atoms with Crippen LogP contribution in [0, 0.1) is 11.8 Å². The topological polar surface area (TPSA) is 90.9 Å². The van der Waals surface area contributed by atoms with Crippen LogP contribution in [0.2, 0.25) is 0 Å². The Labute approximate surface area is 99.5 Å². The first-order valence-corrected chi connectivity index (χ1v) is 5.58. The lowest BCUT2D eigenvalue weighted by Crippen LogP contribution is -2.26. The van der Waals surface area contributed by atoms with Crippen LogP contribution >= 0.6 is 11.3 Å². The fraction of sp³-hybridized carbons (Fsp3) is 0.200. The van der Waals surface area contributed by atoms with Crippen LogP contribution in [0.15, 0.2) is 21.7 Å². The van der Waals surface area contributed by atoms with E-state index in [0.29, 0.717) is 0 Å². The van der Waals surface area contributed by atoms with Gasteiger partial charge in [0.1, 0.15) is 6.61 Å². The molecule has 2 rings (SSSR count). The van der Waals surface area contributed by atoms with E-state index in [1.54, 1.807) is 12.1 Å². The molecule has 0 aromatic carbocycles. The van der Waals surface area contributed by atoms with Crippen molar-refractivity contribution in [2.24, 2.45) is 0 Å². The molecule has 0 aliphatic carbocycles. The molecule has 0 spiro atoms. The van der Waals surface area contributed by atoms with Gasteiger partial charge in [-0.05, 0) is 12.1 Å². The lowest BCUT2D eigenvalue weighted by atomic mass is 10.4. The Morgan fingerprint density at radius 1 is 1.29 bits per heavy atom. The zero-order valence-corrected chi connectivity index (χ0v) is 9.50. The van der Waals surface area contributed by atoms with Crippen LogP contribution in [0.3, 0.4) is 0 Å². The molecule has 0 saturated carbocycles. The van der Waals surface area contributed by atoms with Crippen LogP contribution in [0.25, 0.3) is 0 Å². The minimum Gasteiger partial charge on any atom is -0.384 e. The second-order valence-corrected chi connectivity index (χ2v) is 4.34. The van der Waals surface area contributed by atoms with E-state index in [-0.39, 0.29) is 13.2 Å². The van der Waals surface area contributed by atoms with Crippen LogP contribution in [0.4, 0.5) is 0 Å². The second-order valence-electron chi connectivity index (χ2n) is 3.17. The standard InChI is InChI=1S/C10H9N3O3S/c14-5-1-2-7-3-4-8(17-7)6-13-9(15)11-12-10(13)16/h3-4,14H,5-6H2,(H,11,15)(H,12,16). The lowest BCUT2D eigenvalue weighted by Gasteiger charge is -1.93. The van der Waals surface area contributed by atoms with Crippen LogP contribution < -0.4 is 11.4 Å². The van der Waals surface area contributed by atoms with Crippen molar-refractivity contribution in [3.63, 3.8) is 0 Å². The fourth-order valence-electron chi connectivity index (χ4n) is 1.29. The van der Waals surface area contributed by atoms with Gasteiger partial charge in [-0.2, -0.15) is 0 Å². The Bertz CT molecular complexity index is 652. The summed E-state index contributed by atoms with van der Waals surface area (Å²) in [4.78, 5) is 24.1. The van der Waals surface area contributed by atoms with Crippen LogP contribution in [0.5, 0.6) is 0 Å². The van der Waals surface area contributed by atoms with Gasteiger partial charge in [0.15, 0.2) is 0 Å². The molecule has 0 amide bonds. The Morgan fingerprint density at radius 2 is 2.00 bits per heavy atom. The Morgan fingerprint density at radius 3 is 2.65 bits per heavy atom. The Kier molecular flexibility index (Phi) is 3.27. The van der Waals surface area contributed by atoms with Crippen molar-refractivity contribution in [1.82, 2.24) is 14.8 Å². The maximum atomic E-state index is 11.2. The number of aromatic amines is 2. The molecule has 88 valence electrons. The van der Waals surface area contributed by atoms with E-state index in [0.717, 1.165) is 14.3 Å². The summed E-state index contributed by atoms with van der Waals surface area (Å²) in [6.45, 7) is 0.0211. The van der Waals surface area contributed by atoms with Crippen LogP contribution in [-0.2, 0) is 6.54 Å². The highest BCUT2D eigenvalue weighted by Crippen LogP contribution is 2.15. The minimum absolute atomic E-state index is 0.190. The molecular formula is C10H9N3O3S. The van der Waals surface area contributed by atoms with Crippen molar-refractivity contribution in [3.8, 4) is 11.8 Å². The molecule has 2 heterocycles. The first-order chi connectivity index (χ1) is 8.20. The number of nitrogens with one attached hydrogen (secondary N) is 2. The average molecular weight is 251 g/mol. The van der Waals surface area contributed by atoms with Crippen molar-refractivity contribution in [3.05, 3.63) is 42.9 Å². The highest BCUT2D eigenvalue weighted by molar-refractivity contribution is 7.12. The smallest absolute Gasteiger partial charge is 0.344 e. The molecule has 17 heavy (non-hydrogen) atoms. The van der Waals surface area contributed by atoms with Crippen LogP contribution in [-0.4, -0.2) is 26.5 Å². The van der Waals surface area contributed by atoms with E-state index in [1.165, 1.54) is 11.3 Å². The molecule has 0 fully saturated rings. The lowest BCUT2D eigenvalue weighted by molar-refractivity contribution is 0.350. The highest BCUT2D eigenvalue weighted by Gasteiger charge is 2.05. The van der Waals surface area contributed by atoms with Gasteiger partial charge in [-0.3, -0.25) is 0 Å². The van der Waals surface area contributed by atoms with Crippen molar-refractivity contribution < 1.29 is 5.11 Å². The molecule has 0 unspecified atom stereocenters. The second kappa shape index (κ2) is 4.86. The van der Waals surface area contributed by atoms with Crippen molar-refractivity contribution >= 4 is 11.3 Å². The molecule has 3 N–H and O–H groups in total. The van der Waals surface area contributed by atoms with Gasteiger partial charge in [-0.25, -0.2) is 24.4 Å². The number of rotatable bonds is 2. The SMILES string of the molecule is O=c1[nH][nH]c(=O)n1Cc1ccc(C#CCO)s1. The van der Waals surface area contributed by atoms with Gasteiger partial charge < -0.3 is 5.11 Å². The van der Waals surface area contributed by atoms with Gasteiger partial charge in [0.25, 0.3) is 0 Å². The van der Waals surface area contributed by atoms with E-state index >= 15 is 0 Å². The number of aliphatic hydroxyl groups is 1. The molecule has 0 saturated heterocycles. The summed E-state index contributed by atoms with van der Waals surface area (Å²) in [6, 6.07) is 3.58. The van der Waals surface area contributed by atoms with Crippen molar-refractivity contribution in [2.75, 3.05) is 6.61 Å². The summed E-state index contributed by atoms with van der Waals surface area (Å²) >= 11 is 1.38. The molecular weight excluding hydrogens is 242 g/mol. The zero-order valence-electron chi connectivity index (χ0n) is 8.69. The summed E-state index contributed by atoms with van der Waals surface area (Å²) in [6.07, 6.45) is 0. The number of H-pyrrole nitrogens is 2. The van der Waals surface area contributed by atoms with Crippen molar-refractivity contribution in [2.45, 2.75) is 6.54 Å². The largest absolute Gasteiger partial charge is 0.384 e. The predicted octanol–water partition coefficient (Wildman–Crippen LogP) is -0.682. The number of thiophene rings is 1. The normalized spacial score (nSPS) is 9.94. The Hall–Kier alpha value is -2.04. The Balaban J connectivity index is 2.23. The molecule has 7 heteroatoms. The van der Waals surface area contributed by atoms with Gasteiger partial charge in [0, 0.05) is 4.88 Å². The van der Waals surface area contributed by atoms with E-state index in [4.69, 9.17) is 5.11 Å². The van der Waals surface area contributed by atoms with Gasteiger partial charge in [0.2, 0.25) is 0 Å². The first-order valence-electron chi connectivity index (χ1n) is 4.76. The van der Waals surface area contributed by atoms with E-state index in [1.807, 2.05) is 0 Å². The summed E-state index contributed by atoms with van der Waals surface area (Å²) in [5.41, 5.74) is -0.933. The quantitative estimate of drug-likeness (QED) is 0.617. The van der Waals surface area contributed by atoms with Gasteiger partial charge >= 0.3 is 11.4 Å². The fourth-order valence-corrected chi connectivity index (χ4v) is 2.16. The summed E-state index contributed by atoms with van der Waals surface area (Å²) < 4.78 is 1.06. The molecule has 0 aliphatic heterocycles. The zero-order chi connectivity index (χ0) is 12.3. The van der Waals surface area contributed by atoms with Crippen LogP contribution in [0.1, 0.15) is 9.75 Å². The van der Waals surface area contributed by atoms with Gasteiger partial charge in [-0.1, -0.05) is 11.8 Å². The molecule has 2 aromatic heterocycles. The molecule has 0 atom stereocenters. The minimum atomic E-state index is -0.466. The maximum Gasteiger partial charge on any atom is 0.344 e. The maximum absolute atomic E-state index is 11.2. The summed E-state index contributed by atoms with van der Waals surface area (Å²) in [7, 11) is 0. The number of aromatic nitrogens is 3. The molecule has 2 aromatic rings. The monoisotopic (exact) mass is 251 g/mol. The molecule has 0 radical (unpaired) electrons. The van der Waals surface area contributed by atoms with Crippen molar-refractivity contribution in [1.29, 1.82) is 0 Å². The average Bonchev–Trinajstić information content (AvgIpc) is 2.88. The highest BCUT2D eigenvalue weighted by atomic mass is 32.1. The third kappa shape index (κ3) is 2.55. The van der Waals surface area contributed by atoms with E-state index in [2.05, 4.69) is 22.0 Å². The first kappa shape index (κ1) is 11.4. The van der Waals surface area contributed by atoms with Gasteiger partial charge in [-0.15, -0.1) is 11.3 Å². The number of aliphatic hydroxyl groups excluding tert-OH is 1. The predicted molar refractivity (Wildman–Crippen MR) is 63.1 cm³/mol. The summed E-state index contributed by atoms with van der Waals surface area (Å²) in [5.74, 6) is 5.29. The third-order valence-corrected chi connectivity index (χ3v) is 3.02. The third-order valence-electron chi connectivity index (χ3n) is 2.03. The number of nitrogens with zero attached hydrogens (tertiary/aromatic N) is 1. The van der Waals surface area contributed by atoms with E-state index in [9.17, 15) is 9.59 Å². The molecule has 6 nitrogen and oxygen atoms in total.